The first-order chi connectivity index (χ1) is 4.81. The van der Waals surface area contributed by atoms with Gasteiger partial charge in [-0.1, -0.05) is 18.2 Å². The molecule has 0 bridgehead atoms. The number of rotatable bonds is 0. The van der Waals surface area contributed by atoms with Crippen LogP contribution in [0.2, 0.25) is 0 Å². The molecule has 0 saturated heterocycles. The molecule has 2 nitrogen and oxygen atoms in total. The van der Waals surface area contributed by atoms with Crippen LogP contribution in [0.4, 0.5) is 5.69 Å². The second-order valence-electron chi connectivity index (χ2n) is 1.73. The number of hydrogen-bond acceptors (Lipinski definition) is 2. The first-order valence-corrected chi connectivity index (χ1v) is 3.22. The van der Waals surface area contributed by atoms with E-state index in [0.717, 1.165) is 5.69 Å². The molecule has 0 spiro atoms. The van der Waals surface area contributed by atoms with E-state index in [1.54, 1.807) is 6.92 Å². The summed E-state index contributed by atoms with van der Waals surface area (Å²) in [5, 5.41) is 7.57. The lowest BCUT2D eigenvalue weighted by atomic mass is 10.3. The maximum Gasteiger partial charge on any atom is 0.0402 e. The third-order valence-corrected chi connectivity index (χ3v) is 0.800. The zero-order valence-corrected chi connectivity index (χ0v) is 7.34. The van der Waals surface area contributed by atoms with Gasteiger partial charge in [0.1, 0.15) is 0 Å². The number of aliphatic hydroxyl groups excluding tert-OH is 1. The first-order valence-electron chi connectivity index (χ1n) is 3.22. The number of hydrogen-bond donors (Lipinski definition) is 2. The normalized spacial score (nSPS) is 7.09. The van der Waals surface area contributed by atoms with E-state index < -0.39 is 0 Å². The highest BCUT2D eigenvalue weighted by Crippen LogP contribution is 1.95. The van der Waals surface area contributed by atoms with Crippen LogP contribution in [0.1, 0.15) is 6.92 Å². The van der Waals surface area contributed by atoms with Crippen molar-refractivity contribution in [2.45, 2.75) is 6.92 Å². The summed E-state index contributed by atoms with van der Waals surface area (Å²) in [5.74, 6) is 0. The molecule has 3 heteroatoms. The van der Waals surface area contributed by atoms with Crippen LogP contribution in [0, 0.1) is 0 Å². The molecule has 0 atom stereocenters. The monoisotopic (exact) mass is 175 g/mol. The summed E-state index contributed by atoms with van der Waals surface area (Å²) in [6.45, 7) is 1.93. The Labute approximate surface area is 73.5 Å². The minimum absolute atomic E-state index is 0. The Morgan fingerprint density at radius 1 is 1.27 bits per heavy atom. The molecule has 64 valence electrons. The fourth-order valence-electron chi connectivity index (χ4n) is 0.453. The number of aliphatic hydroxyl groups is 1. The minimum Gasteiger partial charge on any atom is -0.399 e. The minimum atomic E-state index is 0. The summed E-state index contributed by atoms with van der Waals surface area (Å²) >= 11 is 0. The fourth-order valence-corrected chi connectivity index (χ4v) is 0.453. The van der Waals surface area contributed by atoms with Gasteiger partial charge < -0.3 is 10.8 Å². The zero-order valence-electron chi connectivity index (χ0n) is 6.53. The van der Waals surface area contributed by atoms with Gasteiger partial charge in [0.05, 0.1) is 0 Å². The molecule has 1 aromatic rings. The molecule has 0 radical (unpaired) electrons. The van der Waals surface area contributed by atoms with E-state index in [0.29, 0.717) is 0 Å². The van der Waals surface area contributed by atoms with E-state index in [1.807, 2.05) is 30.3 Å². The van der Waals surface area contributed by atoms with E-state index in [2.05, 4.69) is 0 Å². The Bertz CT molecular complexity index is 155. The quantitative estimate of drug-likeness (QED) is 0.590. The highest BCUT2D eigenvalue weighted by molar-refractivity contribution is 5.85. The predicted octanol–water partition coefficient (Wildman–Crippen LogP) is 1.69. The molecular formula is C8H14ClNO. The smallest absolute Gasteiger partial charge is 0.0402 e. The molecule has 0 saturated carbocycles. The maximum atomic E-state index is 7.57. The zero-order chi connectivity index (χ0) is 7.82. The van der Waals surface area contributed by atoms with Gasteiger partial charge in [0.15, 0.2) is 0 Å². The fraction of sp³-hybridized carbons (Fsp3) is 0.250. The Morgan fingerprint density at radius 2 is 1.64 bits per heavy atom. The molecule has 0 aliphatic carbocycles. The van der Waals surface area contributed by atoms with Gasteiger partial charge in [0.25, 0.3) is 0 Å². The standard InChI is InChI=1S/C6H7N.C2H6O.ClH/c7-6-4-2-1-3-5-6;1-2-3;/h1-5H,7H2;3H,2H2,1H3;1H. The van der Waals surface area contributed by atoms with Crippen molar-refractivity contribution in [2.24, 2.45) is 0 Å². The Morgan fingerprint density at radius 3 is 1.82 bits per heavy atom. The summed E-state index contributed by atoms with van der Waals surface area (Å²) in [6, 6.07) is 9.49. The SMILES string of the molecule is CCO.Cl.Nc1ccccc1. The first kappa shape index (κ1) is 12.9. The molecule has 3 N–H and O–H groups in total. The van der Waals surface area contributed by atoms with Gasteiger partial charge in [-0.25, -0.2) is 0 Å². The van der Waals surface area contributed by atoms with Crippen LogP contribution in [0.25, 0.3) is 0 Å². The van der Waals surface area contributed by atoms with E-state index in [4.69, 9.17) is 10.8 Å². The van der Waals surface area contributed by atoms with Crippen LogP contribution in [0.15, 0.2) is 30.3 Å². The largest absolute Gasteiger partial charge is 0.399 e. The summed E-state index contributed by atoms with van der Waals surface area (Å²) in [6.07, 6.45) is 0. The number of nitrogens with two attached hydrogens (primary N) is 1. The topological polar surface area (TPSA) is 46.2 Å². The lowest BCUT2D eigenvalue weighted by Gasteiger charge is -1.83. The summed E-state index contributed by atoms with van der Waals surface area (Å²) in [7, 11) is 0. The third kappa shape index (κ3) is 9.27. The molecule has 1 aromatic carbocycles. The van der Waals surface area contributed by atoms with Gasteiger partial charge in [0, 0.05) is 12.3 Å². The number of nitrogen functional groups attached to an aromatic ring is 1. The molecule has 0 aliphatic heterocycles. The van der Waals surface area contributed by atoms with Crippen LogP contribution in [-0.4, -0.2) is 11.7 Å². The van der Waals surface area contributed by atoms with Crippen LogP contribution in [0.3, 0.4) is 0 Å². The van der Waals surface area contributed by atoms with Gasteiger partial charge in [0.2, 0.25) is 0 Å². The molecular weight excluding hydrogens is 162 g/mol. The van der Waals surface area contributed by atoms with Gasteiger partial charge in [-0.2, -0.15) is 0 Å². The Balaban J connectivity index is 0. The highest BCUT2D eigenvalue weighted by atomic mass is 35.5. The average molecular weight is 176 g/mol. The highest BCUT2D eigenvalue weighted by Gasteiger charge is 1.72. The molecule has 0 heterocycles. The molecule has 0 amide bonds. The second-order valence-corrected chi connectivity index (χ2v) is 1.73. The summed E-state index contributed by atoms with van der Waals surface area (Å²) < 4.78 is 0. The van der Waals surface area contributed by atoms with Crippen LogP contribution in [-0.2, 0) is 0 Å². The third-order valence-electron chi connectivity index (χ3n) is 0.800. The molecule has 0 aliphatic rings. The molecule has 11 heavy (non-hydrogen) atoms. The van der Waals surface area contributed by atoms with Crippen molar-refractivity contribution in [3.05, 3.63) is 30.3 Å². The van der Waals surface area contributed by atoms with Crippen molar-refractivity contribution < 1.29 is 5.11 Å². The van der Waals surface area contributed by atoms with Crippen LogP contribution >= 0.6 is 12.4 Å². The number of para-hydroxylation sites is 1. The van der Waals surface area contributed by atoms with Crippen molar-refractivity contribution in [3.8, 4) is 0 Å². The van der Waals surface area contributed by atoms with Gasteiger partial charge >= 0.3 is 0 Å². The van der Waals surface area contributed by atoms with Crippen LogP contribution < -0.4 is 5.73 Å². The molecule has 1 rings (SSSR count). The van der Waals surface area contributed by atoms with Crippen molar-refractivity contribution >= 4 is 18.1 Å². The van der Waals surface area contributed by atoms with E-state index in [1.165, 1.54) is 0 Å². The summed E-state index contributed by atoms with van der Waals surface area (Å²) in [5.41, 5.74) is 6.18. The Hall–Kier alpha value is -0.730. The van der Waals surface area contributed by atoms with E-state index >= 15 is 0 Å². The van der Waals surface area contributed by atoms with Crippen molar-refractivity contribution in [2.75, 3.05) is 12.3 Å². The van der Waals surface area contributed by atoms with Gasteiger partial charge in [-0.15, -0.1) is 12.4 Å². The van der Waals surface area contributed by atoms with Gasteiger partial charge in [-0.3, -0.25) is 0 Å². The Kier molecular flexibility index (Phi) is 10.9. The molecule has 0 fully saturated rings. The van der Waals surface area contributed by atoms with Crippen LogP contribution in [0.5, 0.6) is 0 Å². The number of halogens is 1. The van der Waals surface area contributed by atoms with E-state index in [9.17, 15) is 0 Å². The lowest BCUT2D eigenvalue weighted by Crippen LogP contribution is -1.79. The maximum absolute atomic E-state index is 7.57. The predicted molar refractivity (Wildman–Crippen MR) is 50.9 cm³/mol. The van der Waals surface area contributed by atoms with E-state index in [-0.39, 0.29) is 19.0 Å². The lowest BCUT2D eigenvalue weighted by molar-refractivity contribution is 0.318. The van der Waals surface area contributed by atoms with Crippen molar-refractivity contribution in [1.82, 2.24) is 0 Å². The van der Waals surface area contributed by atoms with Crippen molar-refractivity contribution in [3.63, 3.8) is 0 Å². The van der Waals surface area contributed by atoms with Gasteiger partial charge in [-0.05, 0) is 19.1 Å². The molecule has 0 aromatic heterocycles. The molecule has 0 unspecified atom stereocenters. The number of anilines is 1. The summed E-state index contributed by atoms with van der Waals surface area (Å²) in [4.78, 5) is 0. The second kappa shape index (κ2) is 9.27. The average Bonchev–Trinajstić information content (AvgIpc) is 1.91. The van der Waals surface area contributed by atoms with Crippen molar-refractivity contribution in [1.29, 1.82) is 0 Å². The number of benzene rings is 1.